The molecule has 1 saturated heterocycles. The first-order chi connectivity index (χ1) is 18.5. The minimum atomic E-state index is -0.199. The van der Waals surface area contributed by atoms with Crippen molar-refractivity contribution in [3.63, 3.8) is 0 Å². The molecular weight excluding hydrogens is 510 g/mol. The number of aryl methyl sites for hydroxylation is 2. The number of carbonyl (C=O) groups is 1. The zero-order chi connectivity index (χ0) is 26.2. The molecule has 0 unspecified atom stereocenters. The Balaban J connectivity index is 1.47. The Morgan fingerprint density at radius 1 is 0.921 bits per heavy atom. The van der Waals surface area contributed by atoms with E-state index in [2.05, 4.69) is 28.5 Å². The monoisotopic (exact) mass is 533 g/mol. The summed E-state index contributed by atoms with van der Waals surface area (Å²) in [5.74, 6) is -0.199. The molecule has 0 atom stereocenters. The molecule has 0 bridgehead atoms. The number of hydrogen-bond donors (Lipinski definition) is 1. The number of fused-ring (bicyclic) bond motifs is 1. The Bertz CT molecular complexity index is 1740. The van der Waals surface area contributed by atoms with E-state index in [1.165, 1.54) is 4.90 Å². The number of rotatable bonds is 5. The van der Waals surface area contributed by atoms with Gasteiger partial charge in [0.2, 0.25) is 0 Å². The number of aromatic nitrogens is 3. The number of amides is 1. The SMILES string of the molecule is Cc1cccc(N2C(=O)/C(=C\c3c(C)nn(-c4ccccc4)c3Sc3cccc4cccnc34)NC2=S)c1. The van der Waals surface area contributed by atoms with Gasteiger partial charge >= 0.3 is 0 Å². The number of anilines is 1. The number of pyridine rings is 1. The third-order valence-corrected chi connectivity index (χ3v) is 7.71. The van der Waals surface area contributed by atoms with E-state index < -0.39 is 0 Å². The summed E-state index contributed by atoms with van der Waals surface area (Å²) in [7, 11) is 0. The van der Waals surface area contributed by atoms with E-state index in [1.54, 1.807) is 18.0 Å². The lowest BCUT2D eigenvalue weighted by Gasteiger charge is -2.14. The summed E-state index contributed by atoms with van der Waals surface area (Å²) >= 11 is 7.14. The van der Waals surface area contributed by atoms with Gasteiger partial charge in [-0.15, -0.1) is 0 Å². The topological polar surface area (TPSA) is 63.1 Å². The van der Waals surface area contributed by atoms with Crippen LogP contribution in [0.3, 0.4) is 0 Å². The van der Waals surface area contributed by atoms with Crippen LogP contribution in [0.1, 0.15) is 16.8 Å². The van der Waals surface area contributed by atoms with Crippen molar-refractivity contribution in [1.29, 1.82) is 0 Å². The maximum atomic E-state index is 13.5. The highest BCUT2D eigenvalue weighted by atomic mass is 32.2. The second kappa shape index (κ2) is 9.89. The Morgan fingerprint density at radius 2 is 1.68 bits per heavy atom. The zero-order valence-electron chi connectivity index (χ0n) is 20.8. The number of thiocarbonyl (C=S) groups is 1. The van der Waals surface area contributed by atoms with Gasteiger partial charge in [-0.2, -0.15) is 5.10 Å². The Kier molecular flexibility index (Phi) is 6.27. The molecule has 0 spiro atoms. The van der Waals surface area contributed by atoms with Crippen LogP contribution in [-0.4, -0.2) is 25.8 Å². The number of nitrogens with one attached hydrogen (secondary N) is 1. The van der Waals surface area contributed by atoms with E-state index in [0.717, 1.165) is 49.0 Å². The van der Waals surface area contributed by atoms with Gasteiger partial charge in [-0.1, -0.05) is 60.3 Å². The quantitative estimate of drug-likeness (QED) is 0.207. The molecule has 186 valence electrons. The smallest absolute Gasteiger partial charge is 0.281 e. The fraction of sp³-hybridized carbons (Fsp3) is 0.0667. The molecule has 2 aromatic heterocycles. The van der Waals surface area contributed by atoms with Crippen molar-refractivity contribution >= 4 is 57.7 Å². The maximum Gasteiger partial charge on any atom is 0.281 e. The zero-order valence-corrected chi connectivity index (χ0v) is 22.4. The van der Waals surface area contributed by atoms with Gasteiger partial charge in [-0.25, -0.2) is 4.68 Å². The van der Waals surface area contributed by atoms with Crippen LogP contribution in [0, 0.1) is 13.8 Å². The van der Waals surface area contributed by atoms with Crippen molar-refractivity contribution in [3.8, 4) is 5.69 Å². The second-order valence-electron chi connectivity index (χ2n) is 8.95. The van der Waals surface area contributed by atoms with Gasteiger partial charge in [0.25, 0.3) is 5.91 Å². The van der Waals surface area contributed by atoms with E-state index in [4.69, 9.17) is 17.3 Å². The minimum absolute atomic E-state index is 0.199. The molecule has 0 radical (unpaired) electrons. The van der Waals surface area contributed by atoms with Gasteiger partial charge in [-0.05, 0) is 74.1 Å². The number of para-hydroxylation sites is 2. The van der Waals surface area contributed by atoms with Crippen molar-refractivity contribution in [2.24, 2.45) is 0 Å². The molecule has 6 rings (SSSR count). The molecule has 3 aromatic carbocycles. The largest absolute Gasteiger partial charge is 0.327 e. The van der Waals surface area contributed by atoms with Crippen LogP contribution < -0.4 is 10.2 Å². The summed E-state index contributed by atoms with van der Waals surface area (Å²) in [6, 6.07) is 27.8. The predicted octanol–water partition coefficient (Wildman–Crippen LogP) is 6.45. The first-order valence-electron chi connectivity index (χ1n) is 12.1. The number of hydrogen-bond acceptors (Lipinski definition) is 5. The summed E-state index contributed by atoms with van der Waals surface area (Å²) < 4.78 is 1.92. The van der Waals surface area contributed by atoms with E-state index >= 15 is 0 Å². The van der Waals surface area contributed by atoms with Crippen LogP contribution in [0.25, 0.3) is 22.7 Å². The Labute approximate surface area is 230 Å². The Morgan fingerprint density at radius 3 is 2.50 bits per heavy atom. The molecule has 1 aliphatic rings. The van der Waals surface area contributed by atoms with Gasteiger partial charge in [0.05, 0.1) is 22.6 Å². The number of carbonyl (C=O) groups excluding carboxylic acids is 1. The fourth-order valence-electron chi connectivity index (χ4n) is 4.47. The van der Waals surface area contributed by atoms with Gasteiger partial charge in [0.15, 0.2) is 5.11 Å². The molecule has 1 N–H and O–H groups in total. The van der Waals surface area contributed by atoms with Crippen LogP contribution in [-0.2, 0) is 4.79 Å². The highest BCUT2D eigenvalue weighted by Gasteiger charge is 2.33. The molecule has 0 aliphatic carbocycles. The van der Waals surface area contributed by atoms with Crippen LogP contribution in [0.15, 0.2) is 107 Å². The van der Waals surface area contributed by atoms with E-state index in [0.29, 0.717) is 10.8 Å². The normalized spacial score (nSPS) is 14.5. The average molecular weight is 534 g/mol. The molecule has 1 fully saturated rings. The van der Waals surface area contributed by atoms with Crippen molar-refractivity contribution < 1.29 is 4.79 Å². The van der Waals surface area contributed by atoms with Crippen LogP contribution in [0.5, 0.6) is 0 Å². The third kappa shape index (κ3) is 4.38. The number of nitrogens with zero attached hydrogens (tertiary/aromatic N) is 4. The first kappa shape index (κ1) is 24.1. The van der Waals surface area contributed by atoms with Gasteiger partial charge in [-0.3, -0.25) is 14.7 Å². The first-order valence-corrected chi connectivity index (χ1v) is 13.3. The van der Waals surface area contributed by atoms with Gasteiger partial charge < -0.3 is 5.32 Å². The molecule has 6 nitrogen and oxygen atoms in total. The Hall–Kier alpha value is -4.27. The number of benzene rings is 3. The predicted molar refractivity (Wildman–Crippen MR) is 157 cm³/mol. The van der Waals surface area contributed by atoms with E-state index in [1.807, 2.05) is 91.3 Å². The van der Waals surface area contributed by atoms with E-state index in [-0.39, 0.29) is 5.91 Å². The van der Waals surface area contributed by atoms with Crippen molar-refractivity contribution in [2.75, 3.05) is 4.90 Å². The summed E-state index contributed by atoms with van der Waals surface area (Å²) in [4.78, 5) is 20.7. The summed E-state index contributed by atoms with van der Waals surface area (Å²) in [5, 5.41) is 10.3. The van der Waals surface area contributed by atoms with Crippen LogP contribution >= 0.6 is 24.0 Å². The van der Waals surface area contributed by atoms with Gasteiger partial charge in [0, 0.05) is 22.0 Å². The second-order valence-corrected chi connectivity index (χ2v) is 10.4. The molecule has 1 aliphatic heterocycles. The van der Waals surface area contributed by atoms with Crippen molar-refractivity contribution in [2.45, 2.75) is 23.8 Å². The molecular formula is C30H23N5OS2. The van der Waals surface area contributed by atoms with Crippen molar-refractivity contribution in [1.82, 2.24) is 20.1 Å². The van der Waals surface area contributed by atoms with Gasteiger partial charge in [0.1, 0.15) is 10.7 Å². The highest BCUT2D eigenvalue weighted by molar-refractivity contribution is 7.99. The van der Waals surface area contributed by atoms with Crippen molar-refractivity contribution in [3.05, 3.63) is 114 Å². The molecule has 1 amide bonds. The molecule has 5 aromatic rings. The molecule has 38 heavy (non-hydrogen) atoms. The fourth-order valence-corrected chi connectivity index (χ4v) is 5.94. The molecule has 3 heterocycles. The summed E-state index contributed by atoms with van der Waals surface area (Å²) in [6.45, 7) is 3.94. The average Bonchev–Trinajstić information content (AvgIpc) is 3.39. The lowest BCUT2D eigenvalue weighted by Crippen LogP contribution is -2.30. The third-order valence-electron chi connectivity index (χ3n) is 6.29. The standard InChI is InChI=1S/C30H23N5OS2/c1-19-9-6-14-23(17-19)34-28(36)25(32-30(34)37)18-24-20(2)33-35(22-12-4-3-5-13-22)29(24)38-26-15-7-10-21-11-8-16-31-27(21)26/h3-18H,1-2H3,(H,32,37)/b25-18+. The van der Waals surface area contributed by atoms with Crippen LogP contribution in [0.2, 0.25) is 0 Å². The maximum absolute atomic E-state index is 13.5. The minimum Gasteiger partial charge on any atom is -0.327 e. The van der Waals surface area contributed by atoms with Crippen LogP contribution in [0.4, 0.5) is 5.69 Å². The lowest BCUT2D eigenvalue weighted by atomic mass is 10.2. The van der Waals surface area contributed by atoms with E-state index in [9.17, 15) is 4.79 Å². The highest BCUT2D eigenvalue weighted by Crippen LogP contribution is 2.38. The molecule has 0 saturated carbocycles. The summed E-state index contributed by atoms with van der Waals surface area (Å²) in [5.41, 5.74) is 5.69. The molecule has 8 heteroatoms. The lowest BCUT2D eigenvalue weighted by molar-refractivity contribution is -0.113. The summed E-state index contributed by atoms with van der Waals surface area (Å²) in [6.07, 6.45) is 3.66.